The Hall–Kier alpha value is -1.58. The van der Waals surface area contributed by atoms with Gasteiger partial charge in [-0.1, -0.05) is 0 Å². The lowest BCUT2D eigenvalue weighted by Crippen LogP contribution is -2.28. The Kier molecular flexibility index (Phi) is 3.66. The number of nitrogens with zero attached hydrogens (tertiary/aromatic N) is 3. The first kappa shape index (κ1) is 11.5. The van der Waals surface area contributed by atoms with Crippen LogP contribution in [0.3, 0.4) is 0 Å². The molecule has 0 spiro atoms. The van der Waals surface area contributed by atoms with E-state index in [9.17, 15) is 0 Å². The van der Waals surface area contributed by atoms with Crippen LogP contribution in [0.15, 0.2) is 23.6 Å². The summed E-state index contributed by atoms with van der Waals surface area (Å²) >= 11 is 0. The molecule has 0 aromatic carbocycles. The molecule has 0 bridgehead atoms. The van der Waals surface area contributed by atoms with Gasteiger partial charge in [-0.2, -0.15) is 4.79 Å². The highest BCUT2D eigenvalue weighted by Gasteiger charge is 2.28. The van der Waals surface area contributed by atoms with Gasteiger partial charge in [0.05, 0.1) is 18.9 Å². The van der Waals surface area contributed by atoms with Crippen LogP contribution in [0.1, 0.15) is 0 Å². The smallest absolute Gasteiger partial charge is 0.328 e. The summed E-state index contributed by atoms with van der Waals surface area (Å²) in [5.74, 6) is 0.654. The van der Waals surface area contributed by atoms with Crippen molar-refractivity contribution in [3.63, 3.8) is 0 Å². The van der Waals surface area contributed by atoms with Gasteiger partial charge in [-0.05, 0) is 6.08 Å². The quantitative estimate of drug-likeness (QED) is 0.507. The largest absolute Gasteiger partial charge is 0.494 e. The SMILES string of the molecule is COC1=CC(=[N+]=[N-])C(OC)C=C1N(C)C. The molecule has 0 saturated carbocycles. The number of rotatable bonds is 3. The molecule has 0 aromatic heterocycles. The molecule has 1 unspecified atom stereocenters. The van der Waals surface area contributed by atoms with E-state index in [1.165, 1.54) is 0 Å². The first-order valence-electron chi connectivity index (χ1n) is 4.54. The molecule has 0 saturated heterocycles. The minimum absolute atomic E-state index is 0.341. The van der Waals surface area contributed by atoms with Crippen molar-refractivity contribution in [3.05, 3.63) is 29.1 Å². The Labute approximate surface area is 89.2 Å². The highest BCUT2D eigenvalue weighted by molar-refractivity contribution is 5.97. The number of ether oxygens (including phenoxy) is 2. The molecule has 0 aromatic rings. The second-order valence-electron chi connectivity index (χ2n) is 3.34. The van der Waals surface area contributed by atoms with Crippen molar-refractivity contribution >= 4 is 5.71 Å². The first-order valence-corrected chi connectivity index (χ1v) is 4.54. The van der Waals surface area contributed by atoms with E-state index in [2.05, 4.69) is 4.79 Å². The predicted molar refractivity (Wildman–Crippen MR) is 56.3 cm³/mol. The molecular formula is C10H15N3O2. The predicted octanol–water partition coefficient (Wildman–Crippen LogP) is 0.662. The zero-order chi connectivity index (χ0) is 11.4. The molecule has 0 amide bonds. The highest BCUT2D eigenvalue weighted by Crippen LogP contribution is 2.20. The molecule has 82 valence electrons. The van der Waals surface area contributed by atoms with Crippen LogP contribution >= 0.6 is 0 Å². The normalized spacial score (nSPS) is 20.3. The summed E-state index contributed by atoms with van der Waals surface area (Å²) < 4.78 is 10.4. The van der Waals surface area contributed by atoms with E-state index in [1.807, 2.05) is 25.1 Å². The zero-order valence-corrected chi connectivity index (χ0v) is 9.39. The van der Waals surface area contributed by atoms with Gasteiger partial charge in [-0.25, -0.2) is 0 Å². The topological polar surface area (TPSA) is 58.1 Å². The number of hydrogen-bond acceptors (Lipinski definition) is 3. The van der Waals surface area contributed by atoms with Crippen LogP contribution in [0.2, 0.25) is 0 Å². The third-order valence-corrected chi connectivity index (χ3v) is 2.20. The molecule has 0 fully saturated rings. The molecule has 0 heterocycles. The maximum absolute atomic E-state index is 8.80. The van der Waals surface area contributed by atoms with Gasteiger partial charge in [0.15, 0.2) is 6.10 Å². The van der Waals surface area contributed by atoms with E-state index in [4.69, 9.17) is 15.0 Å². The van der Waals surface area contributed by atoms with Crippen LogP contribution in [-0.4, -0.2) is 49.8 Å². The Morgan fingerprint density at radius 3 is 2.47 bits per heavy atom. The van der Waals surface area contributed by atoms with Crippen molar-refractivity contribution in [1.82, 2.24) is 4.90 Å². The number of hydrogen-bond donors (Lipinski definition) is 0. The fraction of sp³-hybridized carbons (Fsp3) is 0.500. The van der Waals surface area contributed by atoms with Gasteiger partial charge in [0.1, 0.15) is 5.76 Å². The van der Waals surface area contributed by atoms with Crippen molar-refractivity contribution in [1.29, 1.82) is 0 Å². The molecule has 15 heavy (non-hydrogen) atoms. The molecular weight excluding hydrogens is 194 g/mol. The highest BCUT2D eigenvalue weighted by atomic mass is 16.5. The van der Waals surface area contributed by atoms with Gasteiger partial charge in [0.25, 0.3) is 0 Å². The summed E-state index contributed by atoms with van der Waals surface area (Å²) in [4.78, 5) is 5.08. The van der Waals surface area contributed by atoms with E-state index < -0.39 is 0 Å². The lowest BCUT2D eigenvalue weighted by Gasteiger charge is -2.23. The Balaban J connectivity index is 3.13. The molecule has 0 N–H and O–H groups in total. The summed E-state index contributed by atoms with van der Waals surface area (Å²) in [6, 6.07) is 0. The van der Waals surface area contributed by atoms with Crippen molar-refractivity contribution in [3.8, 4) is 0 Å². The minimum Gasteiger partial charge on any atom is -0.494 e. The van der Waals surface area contributed by atoms with Gasteiger partial charge >= 0.3 is 5.71 Å². The average Bonchev–Trinajstić information content (AvgIpc) is 2.26. The van der Waals surface area contributed by atoms with Crippen molar-refractivity contribution < 1.29 is 14.3 Å². The van der Waals surface area contributed by atoms with Crippen LogP contribution in [0, 0.1) is 0 Å². The van der Waals surface area contributed by atoms with Crippen LogP contribution in [-0.2, 0) is 9.47 Å². The third-order valence-electron chi connectivity index (χ3n) is 2.20. The Morgan fingerprint density at radius 1 is 1.40 bits per heavy atom. The van der Waals surface area contributed by atoms with Gasteiger partial charge in [-0.15, -0.1) is 0 Å². The summed E-state index contributed by atoms with van der Waals surface area (Å²) in [7, 11) is 6.95. The summed E-state index contributed by atoms with van der Waals surface area (Å²) in [6.07, 6.45) is 3.16. The fourth-order valence-corrected chi connectivity index (χ4v) is 1.41. The lowest BCUT2D eigenvalue weighted by atomic mass is 10.1. The summed E-state index contributed by atoms with van der Waals surface area (Å²) in [6.45, 7) is 0. The molecule has 1 atom stereocenters. The monoisotopic (exact) mass is 209 g/mol. The van der Waals surface area contributed by atoms with Crippen LogP contribution in [0.4, 0.5) is 0 Å². The molecule has 5 heteroatoms. The maximum Gasteiger partial charge on any atom is 0.328 e. The second kappa shape index (κ2) is 4.77. The van der Waals surface area contributed by atoms with E-state index in [1.54, 1.807) is 20.3 Å². The summed E-state index contributed by atoms with van der Waals surface area (Å²) in [5, 5.41) is 0. The standard InChI is InChI=1S/C10H15N3O2/c1-13(2)8-6-9(14-3)7(12-11)5-10(8)15-4/h5-6,9H,1-4H3. The summed E-state index contributed by atoms with van der Waals surface area (Å²) in [5.41, 5.74) is 10.1. The van der Waals surface area contributed by atoms with Crippen LogP contribution < -0.4 is 0 Å². The van der Waals surface area contributed by atoms with E-state index in [-0.39, 0.29) is 6.10 Å². The van der Waals surface area contributed by atoms with Gasteiger partial charge < -0.3 is 19.9 Å². The van der Waals surface area contributed by atoms with E-state index >= 15 is 0 Å². The fourth-order valence-electron chi connectivity index (χ4n) is 1.41. The second-order valence-corrected chi connectivity index (χ2v) is 3.34. The molecule has 0 radical (unpaired) electrons. The van der Waals surface area contributed by atoms with Crippen molar-refractivity contribution in [2.45, 2.75) is 6.10 Å². The number of likely N-dealkylation sites (N-methyl/N-ethyl adjacent to an activating group) is 1. The van der Waals surface area contributed by atoms with Crippen molar-refractivity contribution in [2.75, 3.05) is 28.3 Å². The molecule has 5 nitrogen and oxygen atoms in total. The van der Waals surface area contributed by atoms with Gasteiger partial charge in [0.2, 0.25) is 0 Å². The van der Waals surface area contributed by atoms with Crippen LogP contribution in [0.5, 0.6) is 0 Å². The van der Waals surface area contributed by atoms with Gasteiger partial charge in [-0.3, -0.25) is 0 Å². The molecule has 1 rings (SSSR count). The zero-order valence-electron chi connectivity index (χ0n) is 9.39. The van der Waals surface area contributed by atoms with Crippen molar-refractivity contribution in [2.24, 2.45) is 0 Å². The van der Waals surface area contributed by atoms with E-state index in [0.29, 0.717) is 11.5 Å². The maximum atomic E-state index is 8.80. The Bertz CT molecular complexity index is 352. The van der Waals surface area contributed by atoms with E-state index in [0.717, 1.165) is 5.70 Å². The Morgan fingerprint density at radius 2 is 2.07 bits per heavy atom. The van der Waals surface area contributed by atoms with Crippen LogP contribution in [0.25, 0.3) is 5.53 Å². The average molecular weight is 209 g/mol. The molecule has 0 aliphatic heterocycles. The first-order chi connectivity index (χ1) is 7.13. The molecule has 1 aliphatic carbocycles. The number of methoxy groups -OCH3 is 2. The molecule has 1 aliphatic rings. The minimum atomic E-state index is -0.341. The third kappa shape index (κ3) is 2.26. The van der Waals surface area contributed by atoms with Gasteiger partial charge in [0, 0.05) is 21.2 Å². The lowest BCUT2D eigenvalue weighted by molar-refractivity contribution is -0.0191.